The molecule has 1 aliphatic rings. The summed E-state index contributed by atoms with van der Waals surface area (Å²) in [5.41, 5.74) is 1.30. The summed E-state index contributed by atoms with van der Waals surface area (Å²) in [6.07, 6.45) is 1.69. The number of carbonyl (C=O) groups excluding carboxylic acids is 1. The second-order valence-electron chi connectivity index (χ2n) is 5.16. The Balaban J connectivity index is 1.72. The number of nitrogens with one attached hydrogen (secondary N) is 2. The molecule has 2 N–H and O–H groups in total. The van der Waals surface area contributed by atoms with Crippen LogP contribution in [0.1, 0.15) is 10.4 Å². The first-order chi connectivity index (χ1) is 11.2. The van der Waals surface area contributed by atoms with Gasteiger partial charge in [0.1, 0.15) is 6.33 Å². The smallest absolute Gasteiger partial charge is 0.251 e. The largest absolute Gasteiger partial charge is 0.378 e. The van der Waals surface area contributed by atoms with E-state index < -0.39 is 0 Å². The fourth-order valence-corrected chi connectivity index (χ4v) is 2.26. The van der Waals surface area contributed by atoms with Crippen molar-refractivity contribution in [3.8, 4) is 0 Å². The Labute approximate surface area is 133 Å². The van der Waals surface area contributed by atoms with Gasteiger partial charge in [-0.2, -0.15) is 4.98 Å². The van der Waals surface area contributed by atoms with E-state index in [1.807, 2.05) is 11.0 Å². The lowest BCUT2D eigenvalue weighted by molar-refractivity contribution is 0.0778. The molecule has 2 aromatic rings. The summed E-state index contributed by atoms with van der Waals surface area (Å²) in [5.74, 6) is 0.902. The fraction of sp³-hybridized carbons (Fsp3) is 0.333. The molecule has 0 atom stereocenters. The van der Waals surface area contributed by atoms with Crippen molar-refractivity contribution in [2.24, 2.45) is 0 Å². The first kappa shape index (κ1) is 15.2. The van der Waals surface area contributed by atoms with E-state index >= 15 is 0 Å². The van der Waals surface area contributed by atoms with Gasteiger partial charge in [-0.25, -0.2) is 9.97 Å². The van der Waals surface area contributed by atoms with Gasteiger partial charge < -0.3 is 20.3 Å². The van der Waals surface area contributed by atoms with Crippen molar-refractivity contribution >= 4 is 23.5 Å². The number of anilines is 3. The molecule has 8 nitrogen and oxygen atoms in total. The molecule has 3 rings (SSSR count). The summed E-state index contributed by atoms with van der Waals surface area (Å²) < 4.78 is 5.24. The molecule has 0 bridgehead atoms. The zero-order valence-corrected chi connectivity index (χ0v) is 13.0. The number of amides is 1. The molecule has 1 amide bonds. The third kappa shape index (κ3) is 3.37. The van der Waals surface area contributed by atoms with E-state index in [2.05, 4.69) is 25.6 Å². The van der Waals surface area contributed by atoms with Crippen molar-refractivity contribution in [3.05, 3.63) is 36.2 Å². The highest BCUT2D eigenvalue weighted by molar-refractivity contribution is 5.95. The molecular formula is C15H18N6O2. The Hall–Kier alpha value is -2.74. The molecule has 1 aliphatic heterocycles. The molecule has 1 fully saturated rings. The van der Waals surface area contributed by atoms with Gasteiger partial charge in [0.05, 0.1) is 6.10 Å². The molecule has 0 aliphatic carbocycles. The first-order valence-electron chi connectivity index (χ1n) is 7.25. The Morgan fingerprint density at radius 2 is 2.17 bits per heavy atom. The van der Waals surface area contributed by atoms with E-state index in [4.69, 9.17) is 4.74 Å². The predicted octanol–water partition coefficient (Wildman–Crippen LogP) is 0.810. The van der Waals surface area contributed by atoms with Crippen LogP contribution in [0.2, 0.25) is 0 Å². The van der Waals surface area contributed by atoms with Crippen LogP contribution in [0.5, 0.6) is 0 Å². The molecule has 1 aromatic carbocycles. The van der Waals surface area contributed by atoms with Crippen LogP contribution in [-0.4, -0.2) is 54.2 Å². The molecule has 0 unspecified atom stereocenters. The highest BCUT2D eigenvalue weighted by atomic mass is 16.5. The van der Waals surface area contributed by atoms with Crippen molar-refractivity contribution in [3.63, 3.8) is 0 Å². The Morgan fingerprint density at radius 3 is 2.91 bits per heavy atom. The van der Waals surface area contributed by atoms with Crippen LogP contribution < -0.4 is 15.5 Å². The van der Waals surface area contributed by atoms with Gasteiger partial charge in [0.2, 0.25) is 11.9 Å². The first-order valence-corrected chi connectivity index (χ1v) is 7.25. The molecule has 120 valence electrons. The Bertz CT molecular complexity index is 702. The summed E-state index contributed by atoms with van der Waals surface area (Å²) >= 11 is 0. The van der Waals surface area contributed by atoms with Crippen LogP contribution in [-0.2, 0) is 4.74 Å². The van der Waals surface area contributed by atoms with Gasteiger partial charge in [-0.3, -0.25) is 4.79 Å². The predicted molar refractivity (Wildman–Crippen MR) is 86.0 cm³/mol. The minimum atomic E-state index is -0.142. The van der Waals surface area contributed by atoms with E-state index in [0.29, 0.717) is 17.5 Å². The number of hydrogen-bond donors (Lipinski definition) is 2. The zero-order valence-electron chi connectivity index (χ0n) is 13.0. The highest BCUT2D eigenvalue weighted by Crippen LogP contribution is 2.20. The second kappa shape index (κ2) is 6.57. The van der Waals surface area contributed by atoms with Crippen molar-refractivity contribution in [1.82, 2.24) is 20.3 Å². The lowest BCUT2D eigenvalue weighted by Gasteiger charge is -2.37. The molecule has 0 radical (unpaired) electrons. The zero-order chi connectivity index (χ0) is 16.2. The summed E-state index contributed by atoms with van der Waals surface area (Å²) in [4.78, 5) is 26.4. The van der Waals surface area contributed by atoms with Crippen molar-refractivity contribution in [2.45, 2.75) is 6.10 Å². The maximum absolute atomic E-state index is 11.7. The van der Waals surface area contributed by atoms with Crippen LogP contribution in [0.15, 0.2) is 30.6 Å². The summed E-state index contributed by atoms with van der Waals surface area (Å²) in [6.45, 7) is 1.54. The molecule has 8 heteroatoms. The van der Waals surface area contributed by atoms with E-state index in [1.165, 1.54) is 6.33 Å². The van der Waals surface area contributed by atoms with E-state index in [-0.39, 0.29) is 12.0 Å². The highest BCUT2D eigenvalue weighted by Gasteiger charge is 2.28. The summed E-state index contributed by atoms with van der Waals surface area (Å²) in [7, 11) is 3.29. The molecule has 23 heavy (non-hydrogen) atoms. The van der Waals surface area contributed by atoms with Gasteiger partial charge in [-0.05, 0) is 18.2 Å². The minimum absolute atomic E-state index is 0.142. The Morgan fingerprint density at radius 1 is 1.35 bits per heavy atom. The molecule has 1 saturated heterocycles. The van der Waals surface area contributed by atoms with Crippen LogP contribution in [0.25, 0.3) is 0 Å². The third-order valence-electron chi connectivity index (χ3n) is 3.63. The minimum Gasteiger partial charge on any atom is -0.378 e. The average molecular weight is 314 g/mol. The van der Waals surface area contributed by atoms with Crippen LogP contribution >= 0.6 is 0 Å². The number of rotatable bonds is 5. The van der Waals surface area contributed by atoms with Crippen molar-refractivity contribution in [1.29, 1.82) is 0 Å². The normalized spacial score (nSPS) is 14.3. The molecule has 1 aromatic heterocycles. The molecule has 2 heterocycles. The third-order valence-corrected chi connectivity index (χ3v) is 3.63. The topological polar surface area (TPSA) is 92.3 Å². The van der Waals surface area contributed by atoms with Gasteiger partial charge in [-0.1, -0.05) is 6.07 Å². The van der Waals surface area contributed by atoms with Crippen LogP contribution in [0.4, 0.5) is 17.6 Å². The van der Waals surface area contributed by atoms with Crippen LogP contribution in [0.3, 0.4) is 0 Å². The summed E-state index contributed by atoms with van der Waals surface area (Å²) in [6, 6.07) is 7.13. The maximum Gasteiger partial charge on any atom is 0.251 e. The maximum atomic E-state index is 11.7. The van der Waals surface area contributed by atoms with Crippen molar-refractivity contribution < 1.29 is 9.53 Å². The van der Waals surface area contributed by atoms with E-state index in [9.17, 15) is 4.79 Å². The van der Waals surface area contributed by atoms with Crippen LogP contribution in [0, 0.1) is 0 Å². The molecular weight excluding hydrogens is 296 g/mol. The average Bonchev–Trinajstić information content (AvgIpc) is 2.54. The van der Waals surface area contributed by atoms with Gasteiger partial charge in [0.25, 0.3) is 5.91 Å². The molecule has 0 saturated carbocycles. The summed E-state index contributed by atoms with van der Waals surface area (Å²) in [5, 5.41) is 5.69. The molecule has 0 spiro atoms. The monoisotopic (exact) mass is 314 g/mol. The number of benzene rings is 1. The van der Waals surface area contributed by atoms with Gasteiger partial charge >= 0.3 is 0 Å². The van der Waals surface area contributed by atoms with E-state index in [0.717, 1.165) is 18.8 Å². The van der Waals surface area contributed by atoms with Gasteiger partial charge in [0.15, 0.2) is 0 Å². The number of methoxy groups -OCH3 is 1. The standard InChI is InChI=1S/C15H18N6O2/c1-16-13(22)10-4-3-5-11(6-10)19-14-17-9-18-15(20-14)21-7-12(8-21)23-2/h3-6,9,12H,7-8H2,1-2H3,(H,16,22)(H,17,18,19,20). The van der Waals surface area contributed by atoms with E-state index in [1.54, 1.807) is 32.4 Å². The number of nitrogens with zero attached hydrogens (tertiary/aromatic N) is 4. The Kier molecular flexibility index (Phi) is 4.33. The second-order valence-corrected chi connectivity index (χ2v) is 5.16. The SMILES string of the molecule is CNC(=O)c1cccc(Nc2ncnc(N3CC(OC)C3)n2)c1. The number of carbonyl (C=O) groups is 1. The lowest BCUT2D eigenvalue weighted by atomic mass is 10.2. The van der Waals surface area contributed by atoms with Crippen molar-refractivity contribution in [2.75, 3.05) is 37.5 Å². The van der Waals surface area contributed by atoms with Gasteiger partial charge in [-0.15, -0.1) is 0 Å². The lowest BCUT2D eigenvalue weighted by Crippen LogP contribution is -2.52. The number of ether oxygens (including phenoxy) is 1. The quantitative estimate of drug-likeness (QED) is 0.843. The number of aromatic nitrogens is 3. The number of hydrogen-bond acceptors (Lipinski definition) is 7. The fourth-order valence-electron chi connectivity index (χ4n) is 2.26. The van der Waals surface area contributed by atoms with Gasteiger partial charge in [0, 0.05) is 38.5 Å².